The lowest BCUT2D eigenvalue weighted by Gasteiger charge is -2.39. The van der Waals surface area contributed by atoms with E-state index < -0.39 is 23.5 Å². The third-order valence-corrected chi connectivity index (χ3v) is 12.3. The molecule has 2 saturated heterocycles. The molecular formula is C42H47BrF6N4O2. The maximum Gasteiger partial charge on any atom is 0.419 e. The van der Waals surface area contributed by atoms with Crippen molar-refractivity contribution in [3.63, 3.8) is 0 Å². The fourth-order valence-electron chi connectivity index (χ4n) is 8.63. The molecule has 4 heterocycles. The molecule has 0 radical (unpaired) electrons. The van der Waals surface area contributed by atoms with Gasteiger partial charge in [0, 0.05) is 46.5 Å². The predicted octanol–water partition coefficient (Wildman–Crippen LogP) is 9.85. The molecular weight excluding hydrogens is 786 g/mol. The Kier molecular flexibility index (Phi) is 12.8. The third-order valence-electron chi connectivity index (χ3n) is 11.6. The number of nitrogens with one attached hydrogen (secondary N) is 1. The van der Waals surface area contributed by atoms with Gasteiger partial charge < -0.3 is 14.8 Å². The van der Waals surface area contributed by atoms with Crippen LogP contribution < -0.4 is 14.8 Å². The molecule has 0 amide bonds. The Bertz CT molecular complexity index is 1900. The lowest BCUT2D eigenvalue weighted by molar-refractivity contribution is -0.139. The van der Waals surface area contributed by atoms with Gasteiger partial charge in [0.25, 0.3) is 0 Å². The Morgan fingerprint density at radius 2 is 1.15 bits per heavy atom. The van der Waals surface area contributed by atoms with Gasteiger partial charge in [0.05, 0.1) is 25.3 Å². The van der Waals surface area contributed by atoms with Gasteiger partial charge in [-0.3, -0.25) is 14.9 Å². The van der Waals surface area contributed by atoms with Gasteiger partial charge in [-0.05, 0) is 136 Å². The summed E-state index contributed by atoms with van der Waals surface area (Å²) in [5.41, 5.74) is 5.88. The number of rotatable bonds is 5. The van der Waals surface area contributed by atoms with E-state index in [2.05, 4.69) is 59.1 Å². The minimum absolute atomic E-state index is 0.127. The normalized spacial score (nSPS) is 18.4. The SMILES string of the molecule is COc1ccc(CBr)cc1C(F)(F)F.COc1ccc(CN2CCC3(CCc4cccnc43)CC2)cc1C(F)(F)F.c1cnc2c(c1)CCC21CCNCC1. The molecule has 13 heteroatoms. The van der Waals surface area contributed by atoms with E-state index in [1.165, 1.54) is 80.6 Å². The third kappa shape index (κ3) is 9.31. The second kappa shape index (κ2) is 17.2. The van der Waals surface area contributed by atoms with E-state index in [4.69, 9.17) is 4.74 Å². The van der Waals surface area contributed by atoms with E-state index >= 15 is 0 Å². The standard InChI is InChI=1S/C21H23F3N2O.C12H16N2.C9H8BrF3O/c1-27-18-5-4-15(13-17(18)21(22,23)24)14-26-11-8-20(9-12-26)7-6-16-3-2-10-25-19(16)20;1-2-10-3-4-12(11(10)14-7-1)5-8-13-9-6-12;1-14-8-3-2-6(5-10)4-7(8)9(11,12)13/h2-5,10,13H,6-9,11-12,14H2,1H3;1-2,7,13H,3-6,8-9H2;2-4H,5H2,1H3. The minimum atomic E-state index is -4.41. The number of ether oxygens (including phenoxy) is 2. The van der Waals surface area contributed by atoms with E-state index in [9.17, 15) is 26.3 Å². The maximum absolute atomic E-state index is 13.2. The first kappa shape index (κ1) is 41.0. The van der Waals surface area contributed by atoms with Crippen molar-refractivity contribution in [2.24, 2.45) is 0 Å². The van der Waals surface area contributed by atoms with Gasteiger partial charge in [-0.1, -0.05) is 40.2 Å². The first-order valence-corrected chi connectivity index (χ1v) is 19.8. The molecule has 0 atom stereocenters. The summed E-state index contributed by atoms with van der Waals surface area (Å²) in [5.74, 6) is -0.278. The van der Waals surface area contributed by atoms with E-state index in [1.54, 1.807) is 12.1 Å². The maximum atomic E-state index is 13.2. The Labute approximate surface area is 327 Å². The predicted molar refractivity (Wildman–Crippen MR) is 204 cm³/mol. The highest BCUT2D eigenvalue weighted by Gasteiger charge is 2.43. The molecule has 2 aliphatic carbocycles. The van der Waals surface area contributed by atoms with Crippen LogP contribution in [-0.2, 0) is 47.9 Å². The average Bonchev–Trinajstić information content (AvgIpc) is 3.73. The number of aryl methyl sites for hydroxylation is 2. The molecule has 2 aromatic heterocycles. The zero-order valence-corrected chi connectivity index (χ0v) is 32.7. The number of halogens is 7. The highest BCUT2D eigenvalue weighted by atomic mass is 79.9. The van der Waals surface area contributed by atoms with Crippen LogP contribution in [0.3, 0.4) is 0 Å². The zero-order chi connectivity index (χ0) is 39.3. The summed E-state index contributed by atoms with van der Waals surface area (Å²) in [6.07, 6.45) is 4.39. The second-order valence-electron chi connectivity index (χ2n) is 14.8. The van der Waals surface area contributed by atoms with Crippen molar-refractivity contribution in [2.75, 3.05) is 40.4 Å². The van der Waals surface area contributed by atoms with Crippen LogP contribution >= 0.6 is 15.9 Å². The number of piperidine rings is 2. The largest absolute Gasteiger partial charge is 0.496 e. The number of nitrogens with zero attached hydrogens (tertiary/aromatic N) is 3. The summed E-state index contributed by atoms with van der Waals surface area (Å²) in [6, 6.07) is 16.8. The summed E-state index contributed by atoms with van der Waals surface area (Å²) in [7, 11) is 2.49. The molecule has 0 unspecified atom stereocenters. The molecule has 6 nitrogen and oxygen atoms in total. The fraction of sp³-hybridized carbons (Fsp3) is 0.476. The van der Waals surface area contributed by atoms with Crippen molar-refractivity contribution >= 4 is 15.9 Å². The van der Waals surface area contributed by atoms with Crippen LogP contribution in [0.5, 0.6) is 11.5 Å². The van der Waals surface area contributed by atoms with Gasteiger partial charge >= 0.3 is 12.4 Å². The number of fused-ring (bicyclic) bond motifs is 4. The molecule has 4 aliphatic rings. The zero-order valence-electron chi connectivity index (χ0n) is 31.1. The first-order valence-electron chi connectivity index (χ1n) is 18.7. The number of alkyl halides is 7. The molecule has 0 saturated carbocycles. The van der Waals surface area contributed by atoms with Crippen LogP contribution in [-0.4, -0.2) is 55.3 Å². The van der Waals surface area contributed by atoms with Crippen molar-refractivity contribution in [3.05, 3.63) is 118 Å². The molecule has 2 spiro atoms. The number of benzene rings is 2. The van der Waals surface area contributed by atoms with Crippen LogP contribution in [0.15, 0.2) is 73.1 Å². The van der Waals surface area contributed by atoms with Crippen molar-refractivity contribution in [2.45, 2.75) is 86.4 Å². The van der Waals surface area contributed by atoms with Crippen molar-refractivity contribution in [1.82, 2.24) is 20.2 Å². The highest BCUT2D eigenvalue weighted by molar-refractivity contribution is 9.08. The van der Waals surface area contributed by atoms with Crippen molar-refractivity contribution < 1.29 is 35.8 Å². The monoisotopic (exact) mass is 832 g/mol. The molecule has 1 N–H and O–H groups in total. The van der Waals surface area contributed by atoms with Crippen LogP contribution in [0.2, 0.25) is 0 Å². The first-order chi connectivity index (χ1) is 26.3. The van der Waals surface area contributed by atoms with E-state index in [0.717, 1.165) is 57.9 Å². The summed E-state index contributed by atoms with van der Waals surface area (Å²) in [6.45, 7) is 4.61. The minimum Gasteiger partial charge on any atom is -0.496 e. The van der Waals surface area contributed by atoms with E-state index in [-0.39, 0.29) is 16.9 Å². The van der Waals surface area contributed by atoms with Gasteiger partial charge in [-0.15, -0.1) is 0 Å². The molecule has 8 rings (SSSR count). The molecule has 0 bridgehead atoms. The number of hydrogen-bond donors (Lipinski definition) is 1. The Morgan fingerprint density at radius 3 is 1.62 bits per heavy atom. The molecule has 4 aromatic rings. The Balaban J connectivity index is 0.000000155. The average molecular weight is 834 g/mol. The van der Waals surface area contributed by atoms with E-state index in [1.807, 2.05) is 18.5 Å². The molecule has 55 heavy (non-hydrogen) atoms. The number of pyridine rings is 2. The summed E-state index contributed by atoms with van der Waals surface area (Å²) in [4.78, 5) is 11.5. The molecule has 296 valence electrons. The lowest BCUT2D eigenvalue weighted by Crippen LogP contribution is -2.41. The molecule has 2 aliphatic heterocycles. The fourth-order valence-corrected chi connectivity index (χ4v) is 8.98. The summed E-state index contributed by atoms with van der Waals surface area (Å²) in [5, 5.41) is 3.83. The van der Waals surface area contributed by atoms with Gasteiger partial charge in [0.1, 0.15) is 11.5 Å². The van der Waals surface area contributed by atoms with Crippen molar-refractivity contribution in [3.8, 4) is 11.5 Å². The molecule has 2 fully saturated rings. The topological polar surface area (TPSA) is 59.5 Å². The molecule has 2 aromatic carbocycles. The number of methoxy groups -OCH3 is 2. The van der Waals surface area contributed by atoms with Gasteiger partial charge in [-0.25, -0.2) is 0 Å². The van der Waals surface area contributed by atoms with Crippen molar-refractivity contribution in [1.29, 1.82) is 0 Å². The van der Waals surface area contributed by atoms with Crippen LogP contribution in [0.1, 0.15) is 83.3 Å². The van der Waals surface area contributed by atoms with Gasteiger partial charge in [0.2, 0.25) is 0 Å². The second-order valence-corrected chi connectivity index (χ2v) is 15.4. The summed E-state index contributed by atoms with van der Waals surface area (Å²) >= 11 is 3.10. The van der Waals surface area contributed by atoms with Gasteiger partial charge in [0.15, 0.2) is 0 Å². The van der Waals surface area contributed by atoms with Crippen LogP contribution in [0.25, 0.3) is 0 Å². The van der Waals surface area contributed by atoms with Gasteiger partial charge in [-0.2, -0.15) is 26.3 Å². The number of aromatic nitrogens is 2. The smallest absolute Gasteiger partial charge is 0.419 e. The highest BCUT2D eigenvalue weighted by Crippen LogP contribution is 2.46. The summed E-state index contributed by atoms with van der Waals surface area (Å²) < 4.78 is 86.6. The number of likely N-dealkylation sites (tertiary alicyclic amines) is 1. The number of hydrogen-bond acceptors (Lipinski definition) is 6. The lowest BCUT2D eigenvalue weighted by atomic mass is 9.76. The van der Waals surface area contributed by atoms with Crippen LogP contribution in [0, 0.1) is 0 Å². The Hall–Kier alpha value is -3.68. The van der Waals surface area contributed by atoms with Crippen LogP contribution in [0.4, 0.5) is 26.3 Å². The quantitative estimate of drug-likeness (QED) is 0.160. The van der Waals surface area contributed by atoms with E-state index in [0.29, 0.717) is 28.4 Å². The Morgan fingerprint density at radius 1 is 0.673 bits per heavy atom.